The maximum absolute atomic E-state index is 12.9. The molecule has 0 saturated carbocycles. The van der Waals surface area contributed by atoms with Gasteiger partial charge in [-0.2, -0.15) is 13.2 Å². The van der Waals surface area contributed by atoms with Crippen LogP contribution in [0.5, 0.6) is 0 Å². The molecule has 6 nitrogen and oxygen atoms in total. The van der Waals surface area contributed by atoms with Gasteiger partial charge in [0.1, 0.15) is 0 Å². The number of hydrogen-bond acceptors (Lipinski definition) is 3. The average Bonchev–Trinajstić information content (AvgIpc) is 2.69. The molecule has 9 heteroatoms. The Balaban J connectivity index is 1.88. The number of carbonyl (C=O) groups is 1. The first-order valence-corrected chi connectivity index (χ1v) is 10.2. The molecule has 1 amide bonds. The Kier molecular flexibility index (Phi) is 8.11. The molecule has 1 aromatic carbocycles. The molecular formula is C21H32F3N5O. The maximum Gasteiger partial charge on any atom is 0.416 e. The van der Waals surface area contributed by atoms with Gasteiger partial charge in [0.25, 0.3) is 0 Å². The molecule has 1 saturated heterocycles. The zero-order chi connectivity index (χ0) is 22.4. The number of benzene rings is 1. The van der Waals surface area contributed by atoms with E-state index in [0.29, 0.717) is 38.3 Å². The number of aliphatic imine (C=N–C) groups is 1. The second-order valence-electron chi connectivity index (χ2n) is 8.11. The first-order valence-electron chi connectivity index (χ1n) is 10.2. The summed E-state index contributed by atoms with van der Waals surface area (Å²) in [6, 6.07) is 5.50. The van der Waals surface area contributed by atoms with Gasteiger partial charge in [-0.1, -0.05) is 18.2 Å². The third kappa shape index (κ3) is 6.62. The van der Waals surface area contributed by atoms with Gasteiger partial charge >= 0.3 is 6.18 Å². The van der Waals surface area contributed by atoms with E-state index in [4.69, 9.17) is 0 Å². The summed E-state index contributed by atoms with van der Waals surface area (Å²) in [5.41, 5.74) is -0.528. The number of carbonyl (C=O) groups excluding carboxylic acids is 1. The number of piperazine rings is 1. The van der Waals surface area contributed by atoms with E-state index in [1.807, 2.05) is 20.8 Å². The van der Waals surface area contributed by atoms with Crippen LogP contribution >= 0.6 is 0 Å². The molecule has 1 aliphatic heterocycles. The predicted octanol–water partition coefficient (Wildman–Crippen LogP) is 2.56. The van der Waals surface area contributed by atoms with Crippen LogP contribution in [0.4, 0.5) is 13.2 Å². The number of nitrogens with one attached hydrogen (secondary N) is 2. The molecule has 1 heterocycles. The molecule has 0 bridgehead atoms. The molecular weight excluding hydrogens is 395 g/mol. The highest BCUT2D eigenvalue weighted by atomic mass is 19.4. The minimum atomic E-state index is -4.32. The van der Waals surface area contributed by atoms with E-state index in [0.717, 1.165) is 25.1 Å². The first-order chi connectivity index (χ1) is 14.1. The molecule has 30 heavy (non-hydrogen) atoms. The van der Waals surface area contributed by atoms with Crippen molar-refractivity contribution in [2.45, 2.75) is 33.5 Å². The van der Waals surface area contributed by atoms with Crippen LogP contribution in [0, 0.1) is 5.41 Å². The van der Waals surface area contributed by atoms with Crippen molar-refractivity contribution >= 4 is 11.9 Å². The molecule has 0 unspecified atom stereocenters. The highest BCUT2D eigenvalue weighted by molar-refractivity contribution is 5.84. The van der Waals surface area contributed by atoms with Crippen molar-refractivity contribution in [1.29, 1.82) is 0 Å². The monoisotopic (exact) mass is 427 g/mol. The van der Waals surface area contributed by atoms with Crippen LogP contribution in [0.25, 0.3) is 0 Å². The van der Waals surface area contributed by atoms with E-state index in [1.165, 1.54) is 12.1 Å². The van der Waals surface area contributed by atoms with Crippen LogP contribution in [0.2, 0.25) is 0 Å². The van der Waals surface area contributed by atoms with Crippen molar-refractivity contribution in [3.63, 3.8) is 0 Å². The van der Waals surface area contributed by atoms with Gasteiger partial charge in [0.05, 0.1) is 11.0 Å². The Morgan fingerprint density at radius 2 is 1.80 bits per heavy atom. The molecule has 2 N–H and O–H groups in total. The number of rotatable bonds is 6. The lowest BCUT2D eigenvalue weighted by Gasteiger charge is -2.37. The predicted molar refractivity (Wildman–Crippen MR) is 112 cm³/mol. The minimum absolute atomic E-state index is 0.0149. The lowest BCUT2D eigenvalue weighted by molar-refractivity contribution is -0.137. The Hall–Kier alpha value is -2.29. The van der Waals surface area contributed by atoms with Crippen LogP contribution in [0.15, 0.2) is 29.3 Å². The number of hydrogen-bond donors (Lipinski definition) is 2. The fourth-order valence-electron chi connectivity index (χ4n) is 3.33. The fourth-order valence-corrected chi connectivity index (χ4v) is 3.33. The van der Waals surface area contributed by atoms with Gasteiger partial charge in [-0.15, -0.1) is 0 Å². The lowest BCUT2D eigenvalue weighted by Crippen LogP contribution is -2.54. The summed E-state index contributed by atoms with van der Waals surface area (Å²) in [4.78, 5) is 20.7. The normalized spacial score (nSPS) is 16.5. The van der Waals surface area contributed by atoms with Crippen LogP contribution in [0.3, 0.4) is 0 Å². The Morgan fingerprint density at radius 3 is 2.37 bits per heavy atom. The Morgan fingerprint density at radius 1 is 1.13 bits per heavy atom. The van der Waals surface area contributed by atoms with Crippen molar-refractivity contribution in [2.24, 2.45) is 10.4 Å². The standard InChI is InChI=1S/C21H32F3N5O/c1-5-26-18(30)20(2,3)15-27-19(25-4)29-11-9-28(10-12-29)14-16-7-6-8-17(13-16)21(22,23)24/h6-8,13H,5,9-12,14-15H2,1-4H3,(H,25,27)(H,26,30). The van der Waals surface area contributed by atoms with Crippen LogP contribution in [-0.4, -0.2) is 68.0 Å². The fraction of sp³-hybridized carbons (Fsp3) is 0.619. The van der Waals surface area contributed by atoms with Crippen molar-refractivity contribution in [3.8, 4) is 0 Å². The van der Waals surface area contributed by atoms with Crippen molar-refractivity contribution in [1.82, 2.24) is 20.4 Å². The number of nitrogens with zero attached hydrogens (tertiary/aromatic N) is 3. The first kappa shape index (κ1) is 24.0. The highest BCUT2D eigenvalue weighted by Gasteiger charge is 2.31. The summed E-state index contributed by atoms with van der Waals surface area (Å²) in [7, 11) is 1.70. The smallest absolute Gasteiger partial charge is 0.356 e. The van der Waals surface area contributed by atoms with E-state index < -0.39 is 17.2 Å². The molecule has 1 aromatic rings. The molecule has 0 spiro atoms. The van der Waals surface area contributed by atoms with Gasteiger partial charge in [0.15, 0.2) is 5.96 Å². The van der Waals surface area contributed by atoms with E-state index in [9.17, 15) is 18.0 Å². The van der Waals surface area contributed by atoms with Gasteiger partial charge in [-0.25, -0.2) is 0 Å². The SMILES string of the molecule is CCNC(=O)C(C)(C)CNC(=NC)N1CCN(Cc2cccc(C(F)(F)F)c2)CC1. The quantitative estimate of drug-likeness (QED) is 0.541. The number of guanidine groups is 1. The summed E-state index contributed by atoms with van der Waals surface area (Å²) < 4.78 is 38.7. The van der Waals surface area contributed by atoms with Crippen LogP contribution < -0.4 is 10.6 Å². The Bertz CT molecular complexity index is 740. The zero-order valence-corrected chi connectivity index (χ0v) is 18.1. The van der Waals surface area contributed by atoms with E-state index in [-0.39, 0.29) is 5.91 Å². The molecule has 1 fully saturated rings. The molecule has 0 aromatic heterocycles. The molecule has 2 rings (SSSR count). The molecule has 1 aliphatic rings. The number of halogens is 3. The van der Waals surface area contributed by atoms with Crippen molar-refractivity contribution < 1.29 is 18.0 Å². The summed E-state index contributed by atoms with van der Waals surface area (Å²) in [6.45, 7) is 10.0. The van der Waals surface area contributed by atoms with Gasteiger partial charge in [0.2, 0.25) is 5.91 Å². The minimum Gasteiger partial charge on any atom is -0.356 e. The summed E-state index contributed by atoms with van der Waals surface area (Å²) >= 11 is 0. The largest absolute Gasteiger partial charge is 0.416 e. The molecule has 0 atom stereocenters. The van der Waals surface area contributed by atoms with Crippen LogP contribution in [-0.2, 0) is 17.5 Å². The topological polar surface area (TPSA) is 60.0 Å². The van der Waals surface area contributed by atoms with Crippen molar-refractivity contribution in [3.05, 3.63) is 35.4 Å². The van der Waals surface area contributed by atoms with E-state index in [1.54, 1.807) is 13.1 Å². The summed E-state index contributed by atoms with van der Waals surface area (Å²) in [5.74, 6) is 0.713. The lowest BCUT2D eigenvalue weighted by atomic mass is 9.92. The summed E-state index contributed by atoms with van der Waals surface area (Å²) in [6.07, 6.45) is -4.32. The van der Waals surface area contributed by atoms with Gasteiger partial charge < -0.3 is 15.5 Å². The van der Waals surface area contributed by atoms with Gasteiger partial charge in [-0.05, 0) is 32.4 Å². The third-order valence-corrected chi connectivity index (χ3v) is 5.18. The molecule has 0 radical (unpaired) electrons. The molecule has 0 aliphatic carbocycles. The second kappa shape index (κ2) is 10.1. The second-order valence-corrected chi connectivity index (χ2v) is 8.11. The number of alkyl halides is 3. The zero-order valence-electron chi connectivity index (χ0n) is 18.1. The van der Waals surface area contributed by atoms with Crippen molar-refractivity contribution in [2.75, 3.05) is 46.3 Å². The maximum atomic E-state index is 12.9. The molecule has 168 valence electrons. The van der Waals surface area contributed by atoms with E-state index in [2.05, 4.69) is 25.4 Å². The third-order valence-electron chi connectivity index (χ3n) is 5.18. The summed E-state index contributed by atoms with van der Waals surface area (Å²) in [5, 5.41) is 6.12. The highest BCUT2D eigenvalue weighted by Crippen LogP contribution is 2.29. The van der Waals surface area contributed by atoms with Crippen LogP contribution in [0.1, 0.15) is 31.9 Å². The van der Waals surface area contributed by atoms with Gasteiger partial charge in [-0.3, -0.25) is 14.7 Å². The average molecular weight is 428 g/mol. The van der Waals surface area contributed by atoms with E-state index >= 15 is 0 Å². The number of amides is 1. The Labute approximate surface area is 176 Å². The van der Waals surface area contributed by atoms with Gasteiger partial charge in [0, 0.05) is 52.9 Å².